The van der Waals surface area contributed by atoms with Gasteiger partial charge in [-0.25, -0.2) is 9.90 Å². The molecule has 0 saturated carbocycles. The van der Waals surface area contributed by atoms with E-state index in [-0.39, 0.29) is 5.22 Å². The minimum absolute atomic E-state index is 0.0236. The Labute approximate surface area is 92.7 Å². The van der Waals surface area contributed by atoms with Crippen molar-refractivity contribution in [1.82, 2.24) is 0 Å². The van der Waals surface area contributed by atoms with Crippen molar-refractivity contribution < 1.29 is 14.6 Å². The molecule has 1 rings (SSSR count). The van der Waals surface area contributed by atoms with Crippen LogP contribution in [0.25, 0.3) is 0 Å². The molecule has 1 unspecified atom stereocenters. The van der Waals surface area contributed by atoms with Gasteiger partial charge in [0.25, 0.3) is 0 Å². The average molecular weight is 227 g/mol. The van der Waals surface area contributed by atoms with Gasteiger partial charge < -0.3 is 4.74 Å². The summed E-state index contributed by atoms with van der Waals surface area (Å²) in [4.78, 5) is 10.3. The minimum atomic E-state index is -1.12. The molecule has 0 N–H and O–H groups in total. The summed E-state index contributed by atoms with van der Waals surface area (Å²) >= 11 is 0. The Morgan fingerprint density at radius 2 is 2.20 bits per heavy atom. The molecule has 0 aliphatic carbocycles. The highest BCUT2D eigenvalue weighted by Gasteiger charge is 2.35. The fourth-order valence-corrected chi connectivity index (χ4v) is 3.92. The lowest BCUT2D eigenvalue weighted by atomic mass is 10.1. The van der Waals surface area contributed by atoms with Crippen LogP contribution in [0.4, 0.5) is 0 Å². The van der Waals surface area contributed by atoms with E-state index < -0.39 is 14.8 Å². The lowest BCUT2D eigenvalue weighted by Gasteiger charge is -2.39. The topological polar surface area (TPSA) is 46.2 Å². The van der Waals surface area contributed by atoms with Crippen LogP contribution in [0.1, 0.15) is 25.7 Å². The van der Waals surface area contributed by atoms with Crippen LogP contribution in [0.5, 0.6) is 0 Å². The Bertz CT molecular complexity index is 242. The number of rotatable bonds is 4. The van der Waals surface area contributed by atoms with E-state index in [0.717, 1.165) is 31.9 Å². The van der Waals surface area contributed by atoms with Gasteiger partial charge in [0, 0.05) is 12.7 Å². The Morgan fingerprint density at radius 3 is 2.67 bits per heavy atom. The molecule has 3 nitrogen and oxygen atoms in total. The van der Waals surface area contributed by atoms with Gasteiger partial charge in [0.1, 0.15) is 0 Å². The van der Waals surface area contributed by atoms with E-state index in [9.17, 15) is 9.90 Å². The Balaban J connectivity index is 2.60. The standard InChI is InChI=1S/C11H19O3Si/c1-15(2)11(7-3-4-9-14-11)8-5-6-10(12)13/h5-6,15H,3-4,7-9H2,1-2H3. The van der Waals surface area contributed by atoms with Gasteiger partial charge in [-0.3, -0.25) is 0 Å². The Hall–Kier alpha value is -0.613. The van der Waals surface area contributed by atoms with Crippen molar-refractivity contribution in [2.75, 3.05) is 6.61 Å². The van der Waals surface area contributed by atoms with Gasteiger partial charge in [0.2, 0.25) is 0 Å². The van der Waals surface area contributed by atoms with Gasteiger partial charge in [-0.1, -0.05) is 19.2 Å². The number of hydrogen-bond donors (Lipinski definition) is 0. The summed E-state index contributed by atoms with van der Waals surface area (Å²) in [7, 11) is -0.937. The van der Waals surface area contributed by atoms with Gasteiger partial charge in [-0.2, -0.15) is 0 Å². The highest BCUT2D eigenvalue weighted by Crippen LogP contribution is 2.31. The fraction of sp³-hybridized carbons (Fsp3) is 0.727. The Kier molecular flexibility index (Phi) is 4.54. The smallest absolute Gasteiger partial charge is 0.378 e. The van der Waals surface area contributed by atoms with Gasteiger partial charge in [0.15, 0.2) is 0 Å². The van der Waals surface area contributed by atoms with Crippen LogP contribution in [0.3, 0.4) is 0 Å². The Morgan fingerprint density at radius 1 is 1.47 bits per heavy atom. The third-order valence-electron chi connectivity index (χ3n) is 3.15. The summed E-state index contributed by atoms with van der Waals surface area (Å²) in [5.41, 5.74) is 0. The van der Waals surface area contributed by atoms with Crippen molar-refractivity contribution in [3.8, 4) is 0 Å². The van der Waals surface area contributed by atoms with E-state index in [1.54, 1.807) is 6.08 Å². The molecule has 0 spiro atoms. The van der Waals surface area contributed by atoms with Gasteiger partial charge in [-0.05, 0) is 25.7 Å². The van der Waals surface area contributed by atoms with E-state index in [4.69, 9.17) is 4.74 Å². The summed E-state index contributed by atoms with van der Waals surface area (Å²) in [5.74, 6) is -1.12. The largest absolute Gasteiger partial charge is 0.379 e. The first kappa shape index (κ1) is 12.5. The third-order valence-corrected chi connectivity index (χ3v) is 5.95. The molecule has 0 aromatic rings. The average Bonchev–Trinajstić information content (AvgIpc) is 2.18. The summed E-state index contributed by atoms with van der Waals surface area (Å²) in [5, 5.41) is 10.3. The van der Waals surface area contributed by atoms with Crippen LogP contribution < -0.4 is 0 Å². The summed E-state index contributed by atoms with van der Waals surface area (Å²) in [6, 6.07) is 0. The molecule has 1 radical (unpaired) electrons. The number of carbonyl (C=O) groups excluding carboxylic acids is 1. The second-order valence-corrected chi connectivity index (χ2v) is 7.81. The molecule has 15 heavy (non-hydrogen) atoms. The second-order valence-electron chi connectivity index (χ2n) is 4.45. The van der Waals surface area contributed by atoms with Crippen molar-refractivity contribution >= 4 is 14.8 Å². The van der Waals surface area contributed by atoms with Gasteiger partial charge in [0.05, 0.1) is 14.0 Å². The third kappa shape index (κ3) is 3.46. The summed E-state index contributed by atoms with van der Waals surface area (Å²) in [6.07, 6.45) is 6.95. The number of ether oxygens (including phenoxy) is 1. The van der Waals surface area contributed by atoms with Crippen LogP contribution in [0, 0.1) is 0 Å². The first-order valence-corrected chi connectivity index (χ1v) is 8.47. The molecular formula is C11H19O3Si. The first-order chi connectivity index (χ1) is 7.07. The molecule has 1 atom stereocenters. The SMILES string of the molecule is C[SiH](C)C1(CC=CC([O])=O)CCCCO1. The maximum atomic E-state index is 10.3. The number of carbonyl (C=O) groups is 1. The molecule has 1 heterocycles. The maximum Gasteiger partial charge on any atom is 0.378 e. The molecule has 1 saturated heterocycles. The van der Waals surface area contributed by atoms with Crippen LogP contribution in [0.2, 0.25) is 13.1 Å². The second kappa shape index (κ2) is 5.46. The quantitative estimate of drug-likeness (QED) is 0.543. The first-order valence-electron chi connectivity index (χ1n) is 5.58. The minimum Gasteiger partial charge on any atom is -0.379 e. The zero-order chi connectivity index (χ0) is 11.3. The summed E-state index contributed by atoms with van der Waals surface area (Å²) in [6.45, 7) is 5.35. The van der Waals surface area contributed by atoms with Crippen LogP contribution in [0.15, 0.2) is 12.2 Å². The molecule has 0 aromatic carbocycles. The zero-order valence-electron chi connectivity index (χ0n) is 9.49. The molecule has 0 bridgehead atoms. The van der Waals surface area contributed by atoms with Crippen molar-refractivity contribution in [3.63, 3.8) is 0 Å². The van der Waals surface area contributed by atoms with Gasteiger partial charge >= 0.3 is 5.97 Å². The zero-order valence-corrected chi connectivity index (χ0v) is 10.6. The molecule has 0 aromatic heterocycles. The highest BCUT2D eigenvalue weighted by molar-refractivity contribution is 6.59. The number of hydrogen-bond acceptors (Lipinski definition) is 2. The van der Waals surface area contributed by atoms with E-state index in [0.29, 0.717) is 0 Å². The fourth-order valence-electron chi connectivity index (χ4n) is 2.08. The van der Waals surface area contributed by atoms with E-state index >= 15 is 0 Å². The molecular weight excluding hydrogens is 208 g/mol. The van der Waals surface area contributed by atoms with Crippen LogP contribution in [-0.4, -0.2) is 26.6 Å². The van der Waals surface area contributed by atoms with Crippen molar-refractivity contribution in [1.29, 1.82) is 0 Å². The normalized spacial score (nSPS) is 27.4. The highest BCUT2D eigenvalue weighted by atomic mass is 28.3. The molecule has 0 amide bonds. The van der Waals surface area contributed by atoms with Crippen LogP contribution in [-0.2, 0) is 14.6 Å². The predicted octanol–water partition coefficient (Wildman–Crippen LogP) is 1.85. The van der Waals surface area contributed by atoms with E-state index in [1.807, 2.05) is 0 Å². The lowest BCUT2D eigenvalue weighted by Crippen LogP contribution is -2.47. The maximum absolute atomic E-state index is 10.3. The monoisotopic (exact) mass is 227 g/mol. The van der Waals surface area contributed by atoms with Gasteiger partial charge in [-0.15, -0.1) is 0 Å². The van der Waals surface area contributed by atoms with Crippen molar-refractivity contribution in [2.24, 2.45) is 0 Å². The summed E-state index contributed by atoms with van der Waals surface area (Å²) < 4.78 is 5.91. The molecule has 4 heteroatoms. The van der Waals surface area contributed by atoms with Crippen molar-refractivity contribution in [3.05, 3.63) is 12.2 Å². The molecule has 1 aliphatic heterocycles. The molecule has 1 aliphatic rings. The van der Waals surface area contributed by atoms with Crippen LogP contribution >= 0.6 is 0 Å². The van der Waals surface area contributed by atoms with E-state index in [2.05, 4.69) is 13.1 Å². The molecule has 85 valence electrons. The molecule has 1 fully saturated rings. The van der Waals surface area contributed by atoms with Crippen molar-refractivity contribution in [2.45, 2.75) is 44.0 Å². The predicted molar refractivity (Wildman–Crippen MR) is 60.9 cm³/mol. The van der Waals surface area contributed by atoms with E-state index in [1.165, 1.54) is 6.42 Å². The lowest BCUT2D eigenvalue weighted by molar-refractivity contribution is -0.137.